The number of aliphatic hydroxyl groups excluding tert-OH is 1. The van der Waals surface area contributed by atoms with E-state index in [1.807, 2.05) is 62.4 Å². The lowest BCUT2D eigenvalue weighted by Gasteiger charge is -2.42. The van der Waals surface area contributed by atoms with Gasteiger partial charge in [-0.25, -0.2) is 0 Å². The Morgan fingerprint density at radius 3 is 2.63 bits per heavy atom. The fourth-order valence-electron chi connectivity index (χ4n) is 7.37. The summed E-state index contributed by atoms with van der Waals surface area (Å²) < 4.78 is 4.68. The Hall–Kier alpha value is -3.10. The van der Waals surface area contributed by atoms with E-state index in [0.717, 1.165) is 28.8 Å². The molecule has 0 aliphatic carbocycles. The van der Waals surface area contributed by atoms with Gasteiger partial charge in [-0.15, -0.1) is 18.3 Å². The predicted molar refractivity (Wildman–Crippen MR) is 162 cm³/mol. The number of benzene rings is 2. The molecule has 3 aliphatic heterocycles. The van der Waals surface area contributed by atoms with Crippen LogP contribution in [0, 0.1) is 31.6 Å². The third-order valence-electron chi connectivity index (χ3n) is 9.13. The van der Waals surface area contributed by atoms with Crippen molar-refractivity contribution in [1.29, 1.82) is 0 Å². The van der Waals surface area contributed by atoms with E-state index >= 15 is 0 Å². The lowest BCUT2D eigenvalue weighted by Crippen LogP contribution is -2.59. The topological polar surface area (TPSA) is 87.2 Å². The van der Waals surface area contributed by atoms with E-state index < -0.39 is 28.7 Å². The molecule has 2 bridgehead atoms. The molecule has 2 amide bonds. The number of hydrogen-bond acceptors (Lipinski definition) is 6. The van der Waals surface area contributed by atoms with Gasteiger partial charge in [-0.3, -0.25) is 14.4 Å². The van der Waals surface area contributed by atoms with Crippen LogP contribution in [0.25, 0.3) is 0 Å². The molecule has 0 saturated carbocycles. The molecule has 1 N–H and O–H groups in total. The lowest BCUT2D eigenvalue weighted by atomic mass is 9.66. The number of likely N-dealkylation sites (tertiary alicyclic amines) is 1. The van der Waals surface area contributed by atoms with E-state index in [1.54, 1.807) is 34.6 Å². The summed E-state index contributed by atoms with van der Waals surface area (Å²) in [7, 11) is 0. The van der Waals surface area contributed by atoms with Gasteiger partial charge < -0.3 is 19.6 Å². The maximum Gasteiger partial charge on any atom is 0.310 e. The first kappa shape index (κ1) is 29.4. The van der Waals surface area contributed by atoms with Gasteiger partial charge >= 0.3 is 5.97 Å². The van der Waals surface area contributed by atoms with Crippen LogP contribution in [0.1, 0.15) is 37.0 Å². The molecule has 2 aromatic rings. The Kier molecular flexibility index (Phi) is 8.35. The van der Waals surface area contributed by atoms with Gasteiger partial charge in [0.25, 0.3) is 5.91 Å². The third-order valence-corrected chi connectivity index (χ3v) is 11.2. The molecular formula is C33H40N2O5S. The van der Waals surface area contributed by atoms with Crippen molar-refractivity contribution in [2.24, 2.45) is 17.8 Å². The van der Waals surface area contributed by atoms with E-state index in [-0.39, 0.29) is 48.7 Å². The van der Waals surface area contributed by atoms with Crippen molar-refractivity contribution < 1.29 is 24.2 Å². The van der Waals surface area contributed by atoms with E-state index in [4.69, 9.17) is 4.74 Å². The standard InChI is InChI=1S/C33H40N2O5S/c1-6-15-34(25-16-20(3)13-14-21(25)4)31(38)29-33-22(5)17-26(41-33)27(32(39)40-7-2)28(33)30(37)35(29)24(19-36)18-23-11-9-8-10-12-23/h6,8-14,16,22,24,26-29,36H,1,7,15,17-19H2,2-5H3/t22?,24-,26+,27-,28+,29?,33?/m1/s1. The summed E-state index contributed by atoms with van der Waals surface area (Å²) in [6, 6.07) is 14.2. The first-order chi connectivity index (χ1) is 19.7. The Bertz CT molecular complexity index is 1330. The quantitative estimate of drug-likeness (QED) is 0.335. The second-order valence-corrected chi connectivity index (χ2v) is 13.2. The molecule has 7 atom stereocenters. The molecule has 8 heteroatoms. The second kappa shape index (κ2) is 11.6. The monoisotopic (exact) mass is 576 g/mol. The van der Waals surface area contributed by atoms with Crippen LogP contribution in [0.3, 0.4) is 0 Å². The molecule has 0 radical (unpaired) electrons. The number of carbonyl (C=O) groups is 3. The molecule has 0 aromatic heterocycles. The number of thioether (sulfide) groups is 1. The SMILES string of the molecule is C=CCN(C(=O)C1N([C@@H](CO)Cc2ccccc2)C(=O)[C@@H]2[C@H](C(=O)OCC)[C@@H]3CC(C)C12S3)c1cc(C)ccc1C. The number of hydrogen-bond donors (Lipinski definition) is 1. The number of amides is 2. The number of esters is 1. The van der Waals surface area contributed by atoms with Crippen molar-refractivity contribution in [2.75, 3.05) is 24.7 Å². The minimum Gasteiger partial charge on any atom is -0.466 e. The maximum absolute atomic E-state index is 15.0. The van der Waals surface area contributed by atoms with Crippen LogP contribution in [0.4, 0.5) is 5.69 Å². The van der Waals surface area contributed by atoms with Gasteiger partial charge in [0, 0.05) is 17.5 Å². The highest BCUT2D eigenvalue weighted by atomic mass is 32.2. The molecule has 3 heterocycles. The van der Waals surface area contributed by atoms with E-state index in [9.17, 15) is 19.5 Å². The van der Waals surface area contributed by atoms with E-state index in [0.29, 0.717) is 6.42 Å². The summed E-state index contributed by atoms with van der Waals surface area (Å²) in [5.74, 6) is -2.11. The van der Waals surface area contributed by atoms with Gasteiger partial charge in [0.15, 0.2) is 0 Å². The number of nitrogens with zero attached hydrogens (tertiary/aromatic N) is 2. The van der Waals surface area contributed by atoms with Gasteiger partial charge in [0.05, 0.1) is 35.8 Å². The average Bonchev–Trinajstić information content (AvgIpc) is 3.56. The molecule has 1 spiro atoms. The van der Waals surface area contributed by atoms with Gasteiger partial charge in [-0.1, -0.05) is 55.5 Å². The molecule has 218 valence electrons. The molecule has 2 aromatic carbocycles. The second-order valence-electron chi connectivity index (χ2n) is 11.6. The fourth-order valence-corrected chi connectivity index (χ4v) is 9.76. The van der Waals surface area contributed by atoms with Crippen LogP contribution >= 0.6 is 11.8 Å². The van der Waals surface area contributed by atoms with E-state index in [1.165, 1.54) is 0 Å². The molecule has 3 aliphatic rings. The summed E-state index contributed by atoms with van der Waals surface area (Å²) in [6.07, 6.45) is 2.82. The normalized spacial score (nSPS) is 28.9. The van der Waals surface area contributed by atoms with Crippen molar-refractivity contribution >= 4 is 35.2 Å². The highest BCUT2D eigenvalue weighted by Gasteiger charge is 2.77. The summed E-state index contributed by atoms with van der Waals surface area (Å²) in [4.78, 5) is 46.2. The van der Waals surface area contributed by atoms with Gasteiger partial charge in [-0.2, -0.15) is 0 Å². The molecule has 41 heavy (non-hydrogen) atoms. The highest BCUT2D eigenvalue weighted by molar-refractivity contribution is 8.02. The summed E-state index contributed by atoms with van der Waals surface area (Å²) in [5.41, 5.74) is 3.70. The Labute approximate surface area is 246 Å². The van der Waals surface area contributed by atoms with Crippen molar-refractivity contribution in [1.82, 2.24) is 4.90 Å². The predicted octanol–water partition coefficient (Wildman–Crippen LogP) is 4.33. The zero-order valence-corrected chi connectivity index (χ0v) is 25.1. The zero-order chi connectivity index (χ0) is 29.5. The molecule has 3 saturated heterocycles. The Morgan fingerprint density at radius 1 is 1.24 bits per heavy atom. The van der Waals surface area contributed by atoms with Crippen molar-refractivity contribution in [3.05, 3.63) is 77.9 Å². The number of fused-ring (bicyclic) bond motifs is 1. The minimum absolute atomic E-state index is 0.0105. The minimum atomic E-state index is -0.856. The fraction of sp³-hybridized carbons (Fsp3) is 0.485. The molecule has 7 nitrogen and oxygen atoms in total. The zero-order valence-electron chi connectivity index (χ0n) is 24.3. The van der Waals surface area contributed by atoms with Crippen LogP contribution in [-0.4, -0.2) is 69.6 Å². The maximum atomic E-state index is 15.0. The van der Waals surface area contributed by atoms with Crippen molar-refractivity contribution in [3.8, 4) is 0 Å². The molecule has 3 unspecified atom stereocenters. The Balaban J connectivity index is 1.66. The largest absolute Gasteiger partial charge is 0.466 e. The number of rotatable bonds is 10. The summed E-state index contributed by atoms with van der Waals surface area (Å²) in [6.45, 7) is 12.0. The van der Waals surface area contributed by atoms with Crippen molar-refractivity contribution in [2.45, 2.75) is 62.6 Å². The van der Waals surface area contributed by atoms with Crippen LogP contribution in [-0.2, 0) is 25.5 Å². The van der Waals surface area contributed by atoms with Crippen LogP contribution < -0.4 is 4.90 Å². The van der Waals surface area contributed by atoms with Crippen LogP contribution in [0.15, 0.2) is 61.2 Å². The first-order valence-corrected chi connectivity index (χ1v) is 15.4. The number of aryl methyl sites for hydroxylation is 2. The van der Waals surface area contributed by atoms with Crippen molar-refractivity contribution in [3.63, 3.8) is 0 Å². The van der Waals surface area contributed by atoms with Gasteiger partial charge in [-0.05, 0) is 62.3 Å². The third kappa shape index (κ3) is 4.79. The first-order valence-electron chi connectivity index (χ1n) is 14.5. The highest BCUT2D eigenvalue weighted by Crippen LogP contribution is 2.69. The smallest absolute Gasteiger partial charge is 0.310 e. The molecule has 3 fully saturated rings. The molecule has 5 rings (SSSR count). The summed E-state index contributed by atoms with van der Waals surface area (Å²) in [5, 5.41) is 10.6. The number of aliphatic hydroxyl groups is 1. The summed E-state index contributed by atoms with van der Waals surface area (Å²) >= 11 is 1.62. The van der Waals surface area contributed by atoms with E-state index in [2.05, 4.69) is 13.5 Å². The average molecular weight is 577 g/mol. The van der Waals surface area contributed by atoms with Gasteiger partial charge in [0.1, 0.15) is 6.04 Å². The number of carbonyl (C=O) groups excluding carboxylic acids is 3. The molecular weight excluding hydrogens is 536 g/mol. The van der Waals surface area contributed by atoms with Crippen LogP contribution in [0.5, 0.6) is 0 Å². The Morgan fingerprint density at radius 2 is 1.98 bits per heavy atom. The van der Waals surface area contributed by atoms with Gasteiger partial charge in [0.2, 0.25) is 5.91 Å². The number of anilines is 1. The van der Waals surface area contributed by atoms with Crippen LogP contribution in [0.2, 0.25) is 0 Å². The lowest BCUT2D eigenvalue weighted by molar-refractivity contribution is -0.154. The number of ether oxygens (including phenoxy) is 1.